The lowest BCUT2D eigenvalue weighted by Crippen LogP contribution is -2.42. The number of halogens is 2. The summed E-state index contributed by atoms with van der Waals surface area (Å²) in [7, 11) is 0. The first-order valence-electron chi connectivity index (χ1n) is 6.72. The largest absolute Gasteiger partial charge is 0.389 e. The van der Waals surface area contributed by atoms with Gasteiger partial charge in [0.25, 0.3) is 0 Å². The second-order valence-electron chi connectivity index (χ2n) is 5.34. The third-order valence-corrected chi connectivity index (χ3v) is 5.08. The van der Waals surface area contributed by atoms with Crippen molar-refractivity contribution in [3.05, 3.63) is 34.1 Å². The quantitative estimate of drug-likeness (QED) is 0.873. The molecule has 2 atom stereocenters. The van der Waals surface area contributed by atoms with E-state index in [1.807, 2.05) is 6.07 Å². The molecule has 0 spiro atoms. The molecule has 1 aromatic rings. The fourth-order valence-corrected chi connectivity index (χ4v) is 3.53. The summed E-state index contributed by atoms with van der Waals surface area (Å²) in [6.45, 7) is 2.13. The van der Waals surface area contributed by atoms with E-state index in [2.05, 4.69) is 22.9 Å². The van der Waals surface area contributed by atoms with E-state index in [4.69, 9.17) is 0 Å². The molecule has 3 heteroatoms. The topological polar surface area (TPSA) is 20.2 Å². The van der Waals surface area contributed by atoms with E-state index in [1.54, 1.807) is 6.07 Å². The van der Waals surface area contributed by atoms with Gasteiger partial charge in [-0.05, 0) is 46.3 Å². The first-order valence-corrected chi connectivity index (χ1v) is 7.51. The average Bonchev–Trinajstić information content (AvgIpc) is 2.35. The maximum absolute atomic E-state index is 13.5. The van der Waals surface area contributed by atoms with Gasteiger partial charge in [0.1, 0.15) is 5.82 Å². The van der Waals surface area contributed by atoms with Crippen molar-refractivity contribution >= 4 is 15.9 Å². The van der Waals surface area contributed by atoms with E-state index in [0.29, 0.717) is 16.8 Å². The van der Waals surface area contributed by atoms with Crippen molar-refractivity contribution in [3.8, 4) is 0 Å². The van der Waals surface area contributed by atoms with E-state index in [1.165, 1.54) is 12.5 Å². The summed E-state index contributed by atoms with van der Waals surface area (Å²) in [5, 5.41) is 10.9. The van der Waals surface area contributed by atoms with Gasteiger partial charge in [0.05, 0.1) is 10.1 Å². The van der Waals surface area contributed by atoms with Crippen molar-refractivity contribution in [1.29, 1.82) is 0 Å². The minimum atomic E-state index is -0.663. The van der Waals surface area contributed by atoms with Gasteiger partial charge in [-0.3, -0.25) is 0 Å². The molecule has 1 nitrogen and oxygen atoms in total. The fourth-order valence-electron chi connectivity index (χ4n) is 3.13. The predicted molar refractivity (Wildman–Crippen MR) is 75.0 cm³/mol. The lowest BCUT2D eigenvalue weighted by atomic mass is 9.71. The Morgan fingerprint density at radius 3 is 2.94 bits per heavy atom. The first kappa shape index (κ1) is 14.0. The highest BCUT2D eigenvalue weighted by Gasteiger charge is 2.38. The van der Waals surface area contributed by atoms with Gasteiger partial charge in [0, 0.05) is 6.42 Å². The Hall–Kier alpha value is -0.410. The second-order valence-corrected chi connectivity index (χ2v) is 6.14. The minimum Gasteiger partial charge on any atom is -0.389 e. The van der Waals surface area contributed by atoms with Crippen LogP contribution in [0.4, 0.5) is 4.39 Å². The second kappa shape index (κ2) is 5.70. The molecule has 1 aliphatic carbocycles. The molecule has 0 amide bonds. The normalized spacial score (nSPS) is 28.3. The molecule has 0 aliphatic heterocycles. The monoisotopic (exact) mass is 314 g/mol. The van der Waals surface area contributed by atoms with Crippen LogP contribution in [-0.2, 0) is 6.42 Å². The molecule has 2 unspecified atom stereocenters. The molecular weight excluding hydrogens is 295 g/mol. The average molecular weight is 315 g/mol. The summed E-state index contributed by atoms with van der Waals surface area (Å²) < 4.78 is 14.0. The van der Waals surface area contributed by atoms with Crippen LogP contribution >= 0.6 is 15.9 Å². The first-order chi connectivity index (χ1) is 8.57. The summed E-state index contributed by atoms with van der Waals surface area (Å²) in [5.74, 6) is 0.0846. The zero-order chi connectivity index (χ0) is 13.2. The van der Waals surface area contributed by atoms with Crippen LogP contribution < -0.4 is 0 Å². The van der Waals surface area contributed by atoms with E-state index >= 15 is 0 Å². The summed E-state index contributed by atoms with van der Waals surface area (Å²) in [4.78, 5) is 0. The molecule has 1 aliphatic rings. The third-order valence-electron chi connectivity index (χ3n) is 4.19. The SMILES string of the molecule is CCC1CCCCC1(O)Cc1cccc(F)c1Br. The molecule has 1 fully saturated rings. The predicted octanol–water partition coefficient (Wildman–Crippen LogP) is 4.46. The standard InChI is InChI=1S/C15H20BrFO/c1-2-12-7-3-4-9-15(12,18)10-11-6-5-8-13(17)14(11)16/h5-6,8,12,18H,2-4,7,9-10H2,1H3. The van der Waals surface area contributed by atoms with Crippen molar-refractivity contribution in [2.45, 2.75) is 51.0 Å². The molecule has 2 rings (SSSR count). The molecule has 0 bridgehead atoms. The highest BCUT2D eigenvalue weighted by molar-refractivity contribution is 9.10. The van der Waals surface area contributed by atoms with Gasteiger partial charge < -0.3 is 5.11 Å². The van der Waals surface area contributed by atoms with Gasteiger partial charge in [0.15, 0.2) is 0 Å². The molecule has 1 N–H and O–H groups in total. The van der Waals surface area contributed by atoms with Crippen LogP contribution in [0.1, 0.15) is 44.6 Å². The summed E-state index contributed by atoms with van der Waals surface area (Å²) in [6, 6.07) is 5.05. The van der Waals surface area contributed by atoms with Gasteiger partial charge in [0.2, 0.25) is 0 Å². The minimum absolute atomic E-state index is 0.250. The molecule has 0 aromatic heterocycles. The van der Waals surface area contributed by atoms with Crippen LogP contribution in [0.25, 0.3) is 0 Å². The van der Waals surface area contributed by atoms with Gasteiger partial charge in [-0.1, -0.05) is 38.3 Å². The number of rotatable bonds is 3. The zero-order valence-corrected chi connectivity index (χ0v) is 12.3. The highest BCUT2D eigenvalue weighted by atomic mass is 79.9. The maximum Gasteiger partial charge on any atom is 0.137 e. The number of benzene rings is 1. The highest BCUT2D eigenvalue weighted by Crippen LogP contribution is 2.39. The molecule has 0 heterocycles. The van der Waals surface area contributed by atoms with Crippen LogP contribution in [0.2, 0.25) is 0 Å². The van der Waals surface area contributed by atoms with Crippen molar-refractivity contribution in [2.75, 3.05) is 0 Å². The van der Waals surface area contributed by atoms with E-state index in [0.717, 1.165) is 31.2 Å². The van der Waals surface area contributed by atoms with Crippen molar-refractivity contribution < 1.29 is 9.50 Å². The fraction of sp³-hybridized carbons (Fsp3) is 0.600. The van der Waals surface area contributed by atoms with Gasteiger partial charge in [-0.2, -0.15) is 0 Å². The molecular formula is C15H20BrFO. The molecule has 100 valence electrons. The molecule has 0 radical (unpaired) electrons. The van der Waals surface area contributed by atoms with Crippen LogP contribution in [0.3, 0.4) is 0 Å². The zero-order valence-electron chi connectivity index (χ0n) is 10.8. The van der Waals surface area contributed by atoms with E-state index in [-0.39, 0.29) is 5.82 Å². The Balaban J connectivity index is 2.23. The van der Waals surface area contributed by atoms with Crippen LogP contribution in [-0.4, -0.2) is 10.7 Å². The molecule has 1 saturated carbocycles. The Labute approximate surface area is 117 Å². The Bertz CT molecular complexity index is 421. The molecule has 0 saturated heterocycles. The smallest absolute Gasteiger partial charge is 0.137 e. The summed E-state index contributed by atoms with van der Waals surface area (Å²) in [5.41, 5.74) is 0.210. The van der Waals surface area contributed by atoms with E-state index in [9.17, 15) is 9.50 Å². The van der Waals surface area contributed by atoms with E-state index < -0.39 is 5.60 Å². The van der Waals surface area contributed by atoms with Crippen molar-refractivity contribution in [2.24, 2.45) is 5.92 Å². The Kier molecular flexibility index (Phi) is 4.44. The van der Waals surface area contributed by atoms with Crippen LogP contribution in [0, 0.1) is 11.7 Å². The van der Waals surface area contributed by atoms with Gasteiger partial charge in [-0.25, -0.2) is 4.39 Å². The third kappa shape index (κ3) is 2.77. The Morgan fingerprint density at radius 1 is 1.44 bits per heavy atom. The maximum atomic E-state index is 13.5. The van der Waals surface area contributed by atoms with Crippen molar-refractivity contribution in [3.63, 3.8) is 0 Å². The molecule has 18 heavy (non-hydrogen) atoms. The van der Waals surface area contributed by atoms with Gasteiger partial charge in [-0.15, -0.1) is 0 Å². The van der Waals surface area contributed by atoms with Crippen LogP contribution in [0.5, 0.6) is 0 Å². The summed E-state index contributed by atoms with van der Waals surface area (Å²) >= 11 is 3.29. The van der Waals surface area contributed by atoms with Crippen LogP contribution in [0.15, 0.2) is 22.7 Å². The Morgan fingerprint density at radius 2 is 2.22 bits per heavy atom. The van der Waals surface area contributed by atoms with Crippen molar-refractivity contribution in [1.82, 2.24) is 0 Å². The molecule has 1 aromatic carbocycles. The lowest BCUT2D eigenvalue weighted by Gasteiger charge is -2.40. The van der Waals surface area contributed by atoms with Gasteiger partial charge >= 0.3 is 0 Å². The number of hydrogen-bond donors (Lipinski definition) is 1. The lowest BCUT2D eigenvalue weighted by molar-refractivity contribution is -0.0492. The number of hydrogen-bond acceptors (Lipinski definition) is 1. The summed E-state index contributed by atoms with van der Waals surface area (Å²) in [6.07, 6.45) is 5.72. The number of aliphatic hydroxyl groups is 1.